The Bertz CT molecular complexity index is 455. The topological polar surface area (TPSA) is 83.9 Å². The lowest BCUT2D eigenvalue weighted by Gasteiger charge is -2.51. The van der Waals surface area contributed by atoms with Crippen molar-refractivity contribution < 1.29 is 23.1 Å². The first-order valence-electron chi connectivity index (χ1n) is 6.50. The summed E-state index contributed by atoms with van der Waals surface area (Å²) >= 11 is 0. The van der Waals surface area contributed by atoms with Crippen molar-refractivity contribution in [3.8, 4) is 0 Å². The summed E-state index contributed by atoms with van der Waals surface area (Å²) in [6.07, 6.45) is 3.86. The van der Waals surface area contributed by atoms with Crippen LogP contribution in [-0.4, -0.2) is 67.2 Å². The maximum absolute atomic E-state index is 11.7. The molecule has 110 valence electrons. The van der Waals surface area contributed by atoms with Crippen molar-refractivity contribution in [2.45, 2.75) is 43.1 Å². The molecule has 1 heterocycles. The van der Waals surface area contributed by atoms with Gasteiger partial charge in [-0.1, -0.05) is 6.42 Å². The molecular formula is C12H21NO5S. The molecule has 1 saturated heterocycles. The van der Waals surface area contributed by atoms with E-state index < -0.39 is 21.4 Å². The summed E-state index contributed by atoms with van der Waals surface area (Å²) in [7, 11) is -3.01. The van der Waals surface area contributed by atoms with E-state index in [0.29, 0.717) is 13.1 Å². The lowest BCUT2D eigenvalue weighted by atomic mass is 9.93. The first-order chi connectivity index (χ1) is 8.71. The monoisotopic (exact) mass is 291 g/mol. The molecule has 2 fully saturated rings. The van der Waals surface area contributed by atoms with Crippen molar-refractivity contribution in [3.05, 3.63) is 0 Å². The number of nitrogens with zero attached hydrogens (tertiary/aromatic N) is 1. The maximum atomic E-state index is 11.7. The Morgan fingerprint density at radius 3 is 2.58 bits per heavy atom. The Morgan fingerprint density at radius 1 is 1.42 bits per heavy atom. The highest BCUT2D eigenvalue weighted by molar-refractivity contribution is 7.91. The van der Waals surface area contributed by atoms with Crippen LogP contribution in [0.2, 0.25) is 0 Å². The third-order valence-electron chi connectivity index (χ3n) is 4.06. The smallest absolute Gasteiger partial charge is 0.329 e. The standard InChI is InChI=1S/C12H21NO5S/c1-12(18-6-11(14)15)7-13(8-12)9-4-3-5-10(9)19(2,16)17/h9-10H,3-8H2,1-2H3,(H,14,15). The highest BCUT2D eigenvalue weighted by Crippen LogP contribution is 2.36. The van der Waals surface area contributed by atoms with Gasteiger partial charge in [-0.25, -0.2) is 13.2 Å². The molecule has 2 atom stereocenters. The molecule has 7 heteroatoms. The number of ether oxygens (including phenoxy) is 1. The van der Waals surface area contributed by atoms with Gasteiger partial charge in [-0.05, 0) is 19.8 Å². The summed E-state index contributed by atoms with van der Waals surface area (Å²) in [5, 5.41) is 8.32. The summed E-state index contributed by atoms with van der Waals surface area (Å²) in [4.78, 5) is 12.6. The molecule has 2 unspecified atom stereocenters. The van der Waals surface area contributed by atoms with E-state index in [1.165, 1.54) is 6.26 Å². The van der Waals surface area contributed by atoms with Gasteiger partial charge in [0.25, 0.3) is 0 Å². The van der Waals surface area contributed by atoms with Gasteiger partial charge in [0, 0.05) is 25.4 Å². The van der Waals surface area contributed by atoms with E-state index in [4.69, 9.17) is 9.84 Å². The fourth-order valence-electron chi connectivity index (χ4n) is 3.20. The van der Waals surface area contributed by atoms with Crippen LogP contribution < -0.4 is 0 Å². The second-order valence-corrected chi connectivity index (χ2v) is 8.17. The molecule has 0 bridgehead atoms. The largest absolute Gasteiger partial charge is 0.480 e. The number of likely N-dealkylation sites (tertiary alicyclic amines) is 1. The van der Waals surface area contributed by atoms with Crippen LogP contribution in [-0.2, 0) is 19.4 Å². The van der Waals surface area contributed by atoms with E-state index in [2.05, 4.69) is 4.90 Å². The molecule has 1 aliphatic carbocycles. The molecule has 6 nitrogen and oxygen atoms in total. The normalized spacial score (nSPS) is 31.1. The molecule has 1 N–H and O–H groups in total. The van der Waals surface area contributed by atoms with Crippen LogP contribution >= 0.6 is 0 Å². The third-order valence-corrected chi connectivity index (χ3v) is 5.71. The summed E-state index contributed by atoms with van der Waals surface area (Å²) in [6.45, 7) is 2.79. The van der Waals surface area contributed by atoms with Crippen LogP contribution in [0.3, 0.4) is 0 Å². The van der Waals surface area contributed by atoms with Crippen molar-refractivity contribution in [2.24, 2.45) is 0 Å². The lowest BCUT2D eigenvalue weighted by Crippen LogP contribution is -2.66. The molecule has 0 amide bonds. The average molecular weight is 291 g/mol. The minimum absolute atomic E-state index is 0.0662. The number of rotatable bonds is 5. The second-order valence-electron chi connectivity index (χ2n) is 5.90. The predicted molar refractivity (Wildman–Crippen MR) is 69.8 cm³/mol. The van der Waals surface area contributed by atoms with Gasteiger partial charge in [0.15, 0.2) is 9.84 Å². The fraction of sp³-hybridized carbons (Fsp3) is 0.917. The van der Waals surface area contributed by atoms with E-state index >= 15 is 0 Å². The van der Waals surface area contributed by atoms with Gasteiger partial charge >= 0.3 is 5.97 Å². The van der Waals surface area contributed by atoms with Gasteiger partial charge in [-0.15, -0.1) is 0 Å². The number of carboxylic acids is 1. The van der Waals surface area contributed by atoms with Crippen LogP contribution in [0.25, 0.3) is 0 Å². The number of aliphatic carboxylic acids is 1. The van der Waals surface area contributed by atoms with E-state index in [1.807, 2.05) is 6.92 Å². The van der Waals surface area contributed by atoms with Gasteiger partial charge in [-0.3, -0.25) is 4.90 Å². The average Bonchev–Trinajstić information content (AvgIpc) is 2.70. The molecule has 0 radical (unpaired) electrons. The summed E-state index contributed by atoms with van der Waals surface area (Å²) in [5.41, 5.74) is -0.455. The molecule has 0 aromatic carbocycles. The van der Waals surface area contributed by atoms with Crippen molar-refractivity contribution in [2.75, 3.05) is 26.0 Å². The quantitative estimate of drug-likeness (QED) is 0.775. The second kappa shape index (κ2) is 5.03. The van der Waals surface area contributed by atoms with E-state index in [0.717, 1.165) is 19.3 Å². The Hall–Kier alpha value is -0.660. The fourth-order valence-corrected chi connectivity index (χ4v) is 4.67. The van der Waals surface area contributed by atoms with Crippen molar-refractivity contribution in [1.29, 1.82) is 0 Å². The number of carboxylic acid groups (broad SMARTS) is 1. The Kier molecular flexibility index (Phi) is 3.90. The predicted octanol–water partition coefficient (Wildman–Crippen LogP) is 0.128. The lowest BCUT2D eigenvalue weighted by molar-refractivity contribution is -0.169. The molecule has 19 heavy (non-hydrogen) atoms. The van der Waals surface area contributed by atoms with Crippen LogP contribution in [0, 0.1) is 0 Å². The van der Waals surface area contributed by atoms with Gasteiger partial charge < -0.3 is 9.84 Å². The van der Waals surface area contributed by atoms with Crippen molar-refractivity contribution in [3.63, 3.8) is 0 Å². The zero-order valence-corrected chi connectivity index (χ0v) is 12.1. The summed E-state index contributed by atoms with van der Waals surface area (Å²) in [6, 6.07) is 0.0662. The molecule has 2 aliphatic rings. The molecule has 0 spiro atoms. The van der Waals surface area contributed by atoms with E-state index in [9.17, 15) is 13.2 Å². The van der Waals surface area contributed by atoms with Gasteiger partial charge in [-0.2, -0.15) is 0 Å². The number of hydrogen-bond donors (Lipinski definition) is 1. The van der Waals surface area contributed by atoms with Crippen LogP contribution in [0.5, 0.6) is 0 Å². The SMILES string of the molecule is CC1(OCC(=O)O)CN(C2CCCC2S(C)(=O)=O)C1. The minimum Gasteiger partial charge on any atom is -0.480 e. The molecule has 0 aromatic rings. The number of sulfone groups is 1. The summed E-state index contributed by atoms with van der Waals surface area (Å²) < 4.78 is 28.8. The number of carbonyl (C=O) groups is 1. The first-order valence-corrected chi connectivity index (χ1v) is 8.45. The zero-order chi connectivity index (χ0) is 14.3. The number of hydrogen-bond acceptors (Lipinski definition) is 5. The summed E-state index contributed by atoms with van der Waals surface area (Å²) in [5.74, 6) is -0.977. The third kappa shape index (κ3) is 3.27. The van der Waals surface area contributed by atoms with Gasteiger partial charge in [0.05, 0.1) is 10.9 Å². The Morgan fingerprint density at radius 2 is 2.05 bits per heavy atom. The zero-order valence-electron chi connectivity index (χ0n) is 11.3. The van der Waals surface area contributed by atoms with Crippen molar-refractivity contribution in [1.82, 2.24) is 4.90 Å². The van der Waals surface area contributed by atoms with E-state index in [-0.39, 0.29) is 17.9 Å². The van der Waals surface area contributed by atoms with Gasteiger partial charge in [0.1, 0.15) is 6.61 Å². The first kappa shape index (κ1) is 14.7. The molecule has 0 aromatic heterocycles. The van der Waals surface area contributed by atoms with Crippen LogP contribution in [0.4, 0.5) is 0 Å². The van der Waals surface area contributed by atoms with Crippen LogP contribution in [0.1, 0.15) is 26.2 Å². The minimum atomic E-state index is -3.01. The van der Waals surface area contributed by atoms with Crippen LogP contribution in [0.15, 0.2) is 0 Å². The molecule has 1 aliphatic heterocycles. The Balaban J connectivity index is 1.91. The van der Waals surface area contributed by atoms with E-state index in [1.54, 1.807) is 0 Å². The highest BCUT2D eigenvalue weighted by Gasteiger charge is 2.48. The molecule has 1 saturated carbocycles. The highest BCUT2D eigenvalue weighted by atomic mass is 32.2. The molecule has 2 rings (SSSR count). The van der Waals surface area contributed by atoms with Gasteiger partial charge in [0.2, 0.25) is 0 Å². The maximum Gasteiger partial charge on any atom is 0.329 e. The van der Waals surface area contributed by atoms with Crippen molar-refractivity contribution >= 4 is 15.8 Å². The Labute approximate surface area is 113 Å². The molecular weight excluding hydrogens is 270 g/mol.